The number of sulfonamides is 1. The molecule has 20 heavy (non-hydrogen) atoms. The number of nitrogens with one attached hydrogen (secondary N) is 1. The molecule has 1 aromatic carbocycles. The molecule has 114 valence electrons. The molecule has 0 heterocycles. The summed E-state index contributed by atoms with van der Waals surface area (Å²) in [5.74, 6) is 0.320. The van der Waals surface area contributed by atoms with Gasteiger partial charge < -0.3 is 5.73 Å². The van der Waals surface area contributed by atoms with Crippen molar-refractivity contribution in [1.29, 1.82) is 0 Å². The number of nitrogens with two attached hydrogens (primary N) is 1. The van der Waals surface area contributed by atoms with Gasteiger partial charge in [-0.25, -0.2) is 13.1 Å². The molecule has 1 saturated carbocycles. The van der Waals surface area contributed by atoms with Crippen LogP contribution in [0.5, 0.6) is 0 Å². The molecule has 3 N–H and O–H groups in total. The summed E-state index contributed by atoms with van der Waals surface area (Å²) < 4.78 is 27.2. The van der Waals surface area contributed by atoms with E-state index in [2.05, 4.69) is 4.72 Å². The van der Waals surface area contributed by atoms with Crippen LogP contribution in [0, 0.1) is 5.92 Å². The van der Waals surface area contributed by atoms with Crippen molar-refractivity contribution in [2.75, 3.05) is 6.54 Å². The largest absolute Gasteiger partial charge is 0.330 e. The van der Waals surface area contributed by atoms with E-state index in [9.17, 15) is 8.42 Å². The average molecular weight is 319 g/mol. The topological polar surface area (TPSA) is 72.2 Å². The molecule has 0 aliphatic heterocycles. The van der Waals surface area contributed by atoms with Gasteiger partial charge in [0.25, 0.3) is 0 Å². The van der Waals surface area contributed by atoms with Crippen LogP contribution < -0.4 is 10.5 Å². The smallest absolute Gasteiger partial charge is 0.216 e. The molecule has 2 unspecified atom stereocenters. The third kappa shape index (κ3) is 5.05. The molecular formula is C14H23ClN2O2S. The van der Waals surface area contributed by atoms with E-state index in [1.165, 1.54) is 0 Å². The molecule has 0 saturated heterocycles. The van der Waals surface area contributed by atoms with Crippen LogP contribution in [0.1, 0.15) is 31.2 Å². The van der Waals surface area contributed by atoms with Crippen molar-refractivity contribution >= 4 is 22.4 Å². The molecule has 1 aliphatic rings. The van der Waals surface area contributed by atoms with Crippen LogP contribution in [0.15, 0.2) is 30.3 Å². The fourth-order valence-corrected chi connectivity index (χ4v) is 4.20. The maximum Gasteiger partial charge on any atom is 0.216 e. The van der Waals surface area contributed by atoms with Crippen LogP contribution >= 0.6 is 12.4 Å². The summed E-state index contributed by atoms with van der Waals surface area (Å²) in [5.41, 5.74) is 6.55. The van der Waals surface area contributed by atoms with Gasteiger partial charge >= 0.3 is 0 Å². The highest BCUT2D eigenvalue weighted by Gasteiger charge is 2.27. The highest BCUT2D eigenvalue weighted by atomic mass is 35.5. The van der Waals surface area contributed by atoms with Crippen molar-refractivity contribution < 1.29 is 8.42 Å². The van der Waals surface area contributed by atoms with E-state index < -0.39 is 10.0 Å². The van der Waals surface area contributed by atoms with E-state index >= 15 is 0 Å². The maximum absolute atomic E-state index is 12.2. The molecule has 4 nitrogen and oxygen atoms in total. The zero-order valence-corrected chi connectivity index (χ0v) is 13.1. The van der Waals surface area contributed by atoms with E-state index in [1.54, 1.807) is 0 Å². The van der Waals surface area contributed by atoms with Gasteiger partial charge in [0, 0.05) is 6.04 Å². The maximum atomic E-state index is 12.2. The number of hydrogen-bond donors (Lipinski definition) is 2. The molecule has 2 rings (SSSR count). The second-order valence-corrected chi connectivity index (χ2v) is 7.00. The lowest BCUT2D eigenvalue weighted by atomic mass is 9.85. The molecule has 0 radical (unpaired) electrons. The van der Waals surface area contributed by atoms with Gasteiger partial charge in [-0.1, -0.05) is 43.2 Å². The quantitative estimate of drug-likeness (QED) is 0.872. The average Bonchev–Trinajstić information content (AvgIpc) is 2.39. The van der Waals surface area contributed by atoms with E-state index in [4.69, 9.17) is 5.73 Å². The van der Waals surface area contributed by atoms with E-state index in [1.807, 2.05) is 30.3 Å². The molecule has 0 amide bonds. The third-order valence-corrected chi connectivity index (χ3v) is 5.12. The Kier molecular flexibility index (Phi) is 6.95. The first kappa shape index (κ1) is 17.4. The summed E-state index contributed by atoms with van der Waals surface area (Å²) in [7, 11) is -3.28. The van der Waals surface area contributed by atoms with Crippen LogP contribution in [-0.2, 0) is 15.8 Å². The minimum atomic E-state index is -3.28. The molecule has 1 aliphatic carbocycles. The van der Waals surface area contributed by atoms with E-state index in [-0.39, 0.29) is 30.1 Å². The molecule has 0 spiro atoms. The summed E-state index contributed by atoms with van der Waals surface area (Å²) in [4.78, 5) is 0. The second kappa shape index (κ2) is 7.98. The zero-order valence-electron chi connectivity index (χ0n) is 11.5. The lowest BCUT2D eigenvalue weighted by molar-refractivity contribution is 0.296. The highest BCUT2D eigenvalue weighted by molar-refractivity contribution is 7.88. The van der Waals surface area contributed by atoms with Gasteiger partial charge in [-0.05, 0) is 30.9 Å². The van der Waals surface area contributed by atoms with Gasteiger partial charge in [0.15, 0.2) is 0 Å². The van der Waals surface area contributed by atoms with E-state index in [0.717, 1.165) is 31.2 Å². The van der Waals surface area contributed by atoms with Crippen molar-refractivity contribution in [2.45, 2.75) is 37.5 Å². The second-order valence-electron chi connectivity index (χ2n) is 5.25. The molecule has 0 bridgehead atoms. The first-order valence-corrected chi connectivity index (χ1v) is 8.50. The lowest BCUT2D eigenvalue weighted by Crippen LogP contribution is -2.45. The minimum Gasteiger partial charge on any atom is -0.330 e. The number of benzene rings is 1. The minimum absolute atomic E-state index is 0. The zero-order chi connectivity index (χ0) is 13.7. The fraction of sp³-hybridized carbons (Fsp3) is 0.571. The van der Waals surface area contributed by atoms with Crippen molar-refractivity contribution in [1.82, 2.24) is 4.72 Å². The summed E-state index contributed by atoms with van der Waals surface area (Å²) >= 11 is 0. The Morgan fingerprint density at radius 3 is 2.45 bits per heavy atom. The van der Waals surface area contributed by atoms with Gasteiger partial charge in [-0.2, -0.15) is 0 Å². The molecule has 1 aromatic rings. The predicted octanol–water partition coefficient (Wildman–Crippen LogP) is 2.05. The highest BCUT2D eigenvalue weighted by Crippen LogP contribution is 2.24. The van der Waals surface area contributed by atoms with Crippen molar-refractivity contribution in [3.05, 3.63) is 35.9 Å². The Hall–Kier alpha value is -0.620. The number of rotatable bonds is 5. The van der Waals surface area contributed by atoms with Crippen molar-refractivity contribution in [3.63, 3.8) is 0 Å². The summed E-state index contributed by atoms with van der Waals surface area (Å²) in [6, 6.07) is 9.27. The number of halogens is 1. The molecule has 1 fully saturated rings. The Morgan fingerprint density at radius 2 is 1.80 bits per heavy atom. The van der Waals surface area contributed by atoms with Crippen LogP contribution in [0.3, 0.4) is 0 Å². The van der Waals surface area contributed by atoms with Gasteiger partial charge in [-0.15, -0.1) is 12.4 Å². The Labute approximate surface area is 127 Å². The standard InChI is InChI=1S/C14H22N2O2S.ClH/c15-10-13-8-4-5-9-14(13)16-19(17,18)11-12-6-2-1-3-7-12;/h1-3,6-7,13-14,16H,4-5,8-11,15H2;1H. The molecule has 0 aromatic heterocycles. The number of hydrogen-bond acceptors (Lipinski definition) is 3. The van der Waals surface area contributed by atoms with Crippen molar-refractivity contribution in [3.8, 4) is 0 Å². The Morgan fingerprint density at radius 1 is 1.15 bits per heavy atom. The first-order valence-electron chi connectivity index (χ1n) is 6.85. The summed E-state index contributed by atoms with van der Waals surface area (Å²) in [6.45, 7) is 0.554. The molecular weight excluding hydrogens is 296 g/mol. The summed E-state index contributed by atoms with van der Waals surface area (Å²) in [6.07, 6.45) is 4.15. The first-order chi connectivity index (χ1) is 9.11. The fourth-order valence-electron chi connectivity index (χ4n) is 2.71. The normalized spacial score (nSPS) is 23.1. The monoisotopic (exact) mass is 318 g/mol. The van der Waals surface area contributed by atoms with Gasteiger partial charge in [0.1, 0.15) is 0 Å². The SMILES string of the molecule is Cl.NCC1CCCCC1NS(=O)(=O)Cc1ccccc1. The molecule has 2 atom stereocenters. The van der Waals surface area contributed by atoms with Gasteiger partial charge in [0.05, 0.1) is 5.75 Å². The van der Waals surface area contributed by atoms with Gasteiger partial charge in [0.2, 0.25) is 10.0 Å². The lowest BCUT2D eigenvalue weighted by Gasteiger charge is -2.31. The summed E-state index contributed by atoms with van der Waals surface area (Å²) in [5, 5.41) is 0. The van der Waals surface area contributed by atoms with Crippen LogP contribution in [0.2, 0.25) is 0 Å². The predicted molar refractivity (Wildman–Crippen MR) is 84.2 cm³/mol. The Bertz CT molecular complexity index is 493. The molecule has 6 heteroatoms. The third-order valence-electron chi connectivity index (χ3n) is 3.74. The van der Waals surface area contributed by atoms with Gasteiger partial charge in [-0.3, -0.25) is 0 Å². The van der Waals surface area contributed by atoms with Crippen molar-refractivity contribution in [2.24, 2.45) is 11.7 Å². The Balaban J connectivity index is 0.00000200. The van der Waals surface area contributed by atoms with Crippen LogP contribution in [-0.4, -0.2) is 21.0 Å². The van der Waals surface area contributed by atoms with E-state index in [0.29, 0.717) is 6.54 Å². The van der Waals surface area contributed by atoms with Crippen LogP contribution in [0.25, 0.3) is 0 Å². The van der Waals surface area contributed by atoms with Crippen LogP contribution in [0.4, 0.5) is 0 Å².